The molecule has 1 fully saturated rings. The first-order valence-electron chi connectivity index (χ1n) is 7.85. The summed E-state index contributed by atoms with van der Waals surface area (Å²) in [6.07, 6.45) is 0.156. The Balaban J connectivity index is 1.73. The molecule has 1 aliphatic rings. The summed E-state index contributed by atoms with van der Waals surface area (Å²) in [4.78, 5) is 26.3. The predicted molar refractivity (Wildman–Crippen MR) is 87.9 cm³/mol. The van der Waals surface area contributed by atoms with Gasteiger partial charge in [-0.05, 0) is 26.0 Å². The highest BCUT2D eigenvalue weighted by Gasteiger charge is 2.36. The molecule has 1 saturated heterocycles. The fourth-order valence-corrected chi connectivity index (χ4v) is 2.73. The molecular weight excluding hydrogens is 310 g/mol. The van der Waals surface area contributed by atoms with Gasteiger partial charge in [0.05, 0.1) is 18.2 Å². The third-order valence-corrected chi connectivity index (χ3v) is 3.83. The summed E-state index contributed by atoms with van der Waals surface area (Å²) in [7, 11) is 0. The second-order valence-electron chi connectivity index (χ2n) is 5.62. The van der Waals surface area contributed by atoms with Crippen molar-refractivity contribution in [2.45, 2.75) is 20.3 Å². The van der Waals surface area contributed by atoms with Crippen molar-refractivity contribution >= 4 is 23.3 Å². The summed E-state index contributed by atoms with van der Waals surface area (Å²) in [6, 6.07) is 8.97. The van der Waals surface area contributed by atoms with Crippen LogP contribution in [-0.4, -0.2) is 30.1 Å². The van der Waals surface area contributed by atoms with Crippen molar-refractivity contribution in [2.24, 2.45) is 5.92 Å². The van der Waals surface area contributed by atoms with Crippen LogP contribution in [0.15, 0.2) is 34.9 Å². The van der Waals surface area contributed by atoms with Gasteiger partial charge in [-0.3, -0.25) is 9.59 Å². The maximum atomic E-state index is 12.4. The molecule has 1 atom stereocenters. The van der Waals surface area contributed by atoms with Crippen LogP contribution < -0.4 is 15.0 Å². The van der Waals surface area contributed by atoms with Crippen LogP contribution in [0.2, 0.25) is 0 Å². The number of hydrogen-bond donors (Lipinski definition) is 1. The van der Waals surface area contributed by atoms with Gasteiger partial charge in [-0.25, -0.2) is 0 Å². The Hall–Kier alpha value is -2.83. The summed E-state index contributed by atoms with van der Waals surface area (Å²) >= 11 is 0. The SMILES string of the molecule is CCOc1ccccc1N1CC(C(=O)Nc2cc(C)on2)CC1=O. The molecule has 2 heterocycles. The van der Waals surface area contributed by atoms with Crippen molar-refractivity contribution in [3.63, 3.8) is 0 Å². The molecule has 0 spiro atoms. The number of aromatic nitrogens is 1. The standard InChI is InChI=1S/C17H19N3O4/c1-3-23-14-7-5-4-6-13(14)20-10-12(9-16(20)21)17(22)18-15-8-11(2)24-19-15/h4-8,12H,3,9-10H2,1-2H3,(H,18,19,22). The Kier molecular flexibility index (Phi) is 4.50. The van der Waals surface area contributed by atoms with Crippen molar-refractivity contribution < 1.29 is 18.8 Å². The number of nitrogens with zero attached hydrogens (tertiary/aromatic N) is 2. The molecule has 2 amide bonds. The van der Waals surface area contributed by atoms with Gasteiger partial charge in [0.2, 0.25) is 11.8 Å². The molecule has 24 heavy (non-hydrogen) atoms. The van der Waals surface area contributed by atoms with Gasteiger partial charge in [-0.15, -0.1) is 0 Å². The van der Waals surface area contributed by atoms with E-state index < -0.39 is 5.92 Å². The van der Waals surface area contributed by atoms with Crippen molar-refractivity contribution in [1.82, 2.24) is 5.16 Å². The van der Waals surface area contributed by atoms with Gasteiger partial charge in [0.25, 0.3) is 0 Å². The number of benzene rings is 1. The lowest BCUT2D eigenvalue weighted by Gasteiger charge is -2.20. The van der Waals surface area contributed by atoms with Crippen molar-refractivity contribution in [3.8, 4) is 5.75 Å². The van der Waals surface area contributed by atoms with Gasteiger partial charge >= 0.3 is 0 Å². The number of nitrogens with one attached hydrogen (secondary N) is 1. The zero-order valence-corrected chi connectivity index (χ0v) is 13.6. The second-order valence-corrected chi connectivity index (χ2v) is 5.62. The van der Waals surface area contributed by atoms with E-state index in [0.717, 1.165) is 0 Å². The van der Waals surface area contributed by atoms with E-state index in [-0.39, 0.29) is 18.2 Å². The van der Waals surface area contributed by atoms with Gasteiger partial charge < -0.3 is 19.5 Å². The van der Waals surface area contributed by atoms with Crippen LogP contribution in [0.4, 0.5) is 11.5 Å². The maximum absolute atomic E-state index is 12.4. The molecule has 0 radical (unpaired) electrons. The Bertz CT molecular complexity index is 756. The number of amides is 2. The molecule has 1 unspecified atom stereocenters. The molecule has 7 heteroatoms. The minimum Gasteiger partial charge on any atom is -0.492 e. The second kappa shape index (κ2) is 6.74. The van der Waals surface area contributed by atoms with Crippen LogP contribution in [0.1, 0.15) is 19.1 Å². The molecule has 126 valence electrons. The predicted octanol–water partition coefficient (Wildman–Crippen LogP) is 2.37. The number of aryl methyl sites for hydroxylation is 1. The molecule has 1 aliphatic heterocycles. The monoisotopic (exact) mass is 329 g/mol. The number of ether oxygens (including phenoxy) is 1. The van der Waals surface area contributed by atoms with Crippen molar-refractivity contribution in [2.75, 3.05) is 23.4 Å². The number of para-hydroxylation sites is 2. The average Bonchev–Trinajstić information content (AvgIpc) is 3.14. The lowest BCUT2D eigenvalue weighted by molar-refractivity contribution is -0.122. The molecule has 3 rings (SSSR count). The van der Waals surface area contributed by atoms with E-state index in [2.05, 4.69) is 10.5 Å². The van der Waals surface area contributed by atoms with Gasteiger partial charge in [-0.1, -0.05) is 17.3 Å². The molecule has 7 nitrogen and oxygen atoms in total. The van der Waals surface area contributed by atoms with Crippen LogP contribution in [0.5, 0.6) is 5.75 Å². The molecular formula is C17H19N3O4. The largest absolute Gasteiger partial charge is 0.492 e. The van der Waals surface area contributed by atoms with Crippen LogP contribution in [0.25, 0.3) is 0 Å². The maximum Gasteiger partial charge on any atom is 0.231 e. The number of anilines is 2. The quantitative estimate of drug-likeness (QED) is 0.910. The van der Waals surface area contributed by atoms with E-state index in [1.165, 1.54) is 0 Å². The zero-order chi connectivity index (χ0) is 17.1. The lowest BCUT2D eigenvalue weighted by Crippen LogP contribution is -2.28. The number of carbonyl (C=O) groups excluding carboxylic acids is 2. The molecule has 1 N–H and O–H groups in total. The smallest absolute Gasteiger partial charge is 0.231 e. The summed E-state index contributed by atoms with van der Waals surface area (Å²) in [5.41, 5.74) is 0.692. The van der Waals surface area contributed by atoms with Gasteiger partial charge in [-0.2, -0.15) is 0 Å². The van der Waals surface area contributed by atoms with E-state index in [0.29, 0.717) is 36.2 Å². The normalized spacial score (nSPS) is 17.2. The minimum atomic E-state index is -0.441. The van der Waals surface area contributed by atoms with Crippen molar-refractivity contribution in [1.29, 1.82) is 0 Å². The molecule has 0 bridgehead atoms. The van der Waals surface area contributed by atoms with Gasteiger partial charge in [0, 0.05) is 19.0 Å². The van der Waals surface area contributed by atoms with E-state index in [4.69, 9.17) is 9.26 Å². The highest BCUT2D eigenvalue weighted by atomic mass is 16.5. The Labute approximate surface area is 139 Å². The topological polar surface area (TPSA) is 84.7 Å². The molecule has 1 aromatic heterocycles. The molecule has 1 aromatic carbocycles. The fraction of sp³-hybridized carbons (Fsp3) is 0.353. The molecule has 0 saturated carbocycles. The Morgan fingerprint density at radius 2 is 2.25 bits per heavy atom. The van der Waals surface area contributed by atoms with Crippen LogP contribution in [0, 0.1) is 12.8 Å². The summed E-state index contributed by atoms with van der Waals surface area (Å²) in [5, 5.41) is 6.42. The molecule has 2 aromatic rings. The first-order valence-corrected chi connectivity index (χ1v) is 7.85. The zero-order valence-electron chi connectivity index (χ0n) is 13.6. The Morgan fingerprint density at radius 3 is 2.96 bits per heavy atom. The highest BCUT2D eigenvalue weighted by molar-refractivity contribution is 6.03. The number of carbonyl (C=O) groups is 2. The van der Waals surface area contributed by atoms with E-state index in [9.17, 15) is 9.59 Å². The summed E-state index contributed by atoms with van der Waals surface area (Å²) in [6.45, 7) is 4.45. The van der Waals surface area contributed by atoms with E-state index in [1.54, 1.807) is 17.9 Å². The molecule has 0 aliphatic carbocycles. The van der Waals surface area contributed by atoms with Gasteiger partial charge in [0.1, 0.15) is 11.5 Å². The summed E-state index contributed by atoms with van der Waals surface area (Å²) < 4.78 is 10.5. The van der Waals surface area contributed by atoms with Crippen molar-refractivity contribution in [3.05, 3.63) is 36.1 Å². The first-order chi connectivity index (χ1) is 11.6. The van der Waals surface area contributed by atoms with Crippen LogP contribution in [-0.2, 0) is 9.59 Å². The minimum absolute atomic E-state index is 0.0985. The Morgan fingerprint density at radius 1 is 1.46 bits per heavy atom. The first kappa shape index (κ1) is 16.0. The van der Waals surface area contributed by atoms with E-state index >= 15 is 0 Å². The summed E-state index contributed by atoms with van der Waals surface area (Å²) in [5.74, 6) is 0.829. The van der Waals surface area contributed by atoms with Gasteiger partial charge in [0.15, 0.2) is 5.82 Å². The third kappa shape index (κ3) is 3.24. The number of rotatable bonds is 5. The average molecular weight is 329 g/mol. The lowest BCUT2D eigenvalue weighted by atomic mass is 10.1. The highest BCUT2D eigenvalue weighted by Crippen LogP contribution is 2.33. The third-order valence-electron chi connectivity index (χ3n) is 3.83. The van der Waals surface area contributed by atoms with Crippen LogP contribution >= 0.6 is 0 Å². The van der Waals surface area contributed by atoms with Crippen LogP contribution in [0.3, 0.4) is 0 Å². The fourth-order valence-electron chi connectivity index (χ4n) is 2.73. The van der Waals surface area contributed by atoms with E-state index in [1.807, 2.05) is 31.2 Å². The number of hydrogen-bond acceptors (Lipinski definition) is 5.